The molecule has 0 radical (unpaired) electrons. The molecule has 1 aromatic heterocycles. The quantitative estimate of drug-likeness (QED) is 0.565. The van der Waals surface area contributed by atoms with E-state index in [1.807, 2.05) is 28.7 Å². The highest BCUT2D eigenvalue weighted by atomic mass is 127. The third-order valence-corrected chi connectivity index (χ3v) is 4.65. The Morgan fingerprint density at radius 2 is 2.12 bits per heavy atom. The summed E-state index contributed by atoms with van der Waals surface area (Å²) in [6, 6.07) is 4.53. The topological polar surface area (TPSA) is 81.9 Å². The van der Waals surface area contributed by atoms with E-state index in [1.165, 1.54) is 17.3 Å². The summed E-state index contributed by atoms with van der Waals surface area (Å²) in [5, 5.41) is 11.8. The van der Waals surface area contributed by atoms with Crippen LogP contribution in [-0.2, 0) is 4.79 Å². The molecule has 1 fully saturated rings. The molecule has 1 aromatic carbocycles. The van der Waals surface area contributed by atoms with Crippen molar-refractivity contribution in [2.45, 2.75) is 18.4 Å². The second-order valence-electron chi connectivity index (χ2n) is 5.84. The Labute approximate surface area is 156 Å². The van der Waals surface area contributed by atoms with E-state index in [4.69, 9.17) is 0 Å². The summed E-state index contributed by atoms with van der Waals surface area (Å²) in [5.74, 6) is -3.21. The Kier molecular flexibility index (Phi) is 4.99. The minimum absolute atomic E-state index is 0.213. The third-order valence-electron chi connectivity index (χ3n) is 3.96. The first kappa shape index (κ1) is 17.7. The van der Waals surface area contributed by atoms with E-state index in [2.05, 4.69) is 15.3 Å². The fourth-order valence-corrected chi connectivity index (χ4v) is 3.25. The molecule has 0 saturated carbocycles. The summed E-state index contributed by atoms with van der Waals surface area (Å²) < 4.78 is 28.6. The fourth-order valence-electron chi connectivity index (χ4n) is 3.03. The molecule has 25 heavy (non-hydrogen) atoms. The zero-order valence-corrected chi connectivity index (χ0v) is 15.2. The Morgan fingerprint density at radius 1 is 1.40 bits per heavy atom. The van der Waals surface area contributed by atoms with Crippen LogP contribution in [0, 0.1) is 11.3 Å². The molecule has 1 amide bonds. The van der Waals surface area contributed by atoms with Crippen molar-refractivity contribution in [3.05, 3.63) is 30.1 Å². The first-order valence-corrected chi connectivity index (χ1v) is 9.08. The number of rotatable bonds is 3. The number of anilines is 1. The van der Waals surface area contributed by atoms with Crippen molar-refractivity contribution in [2.75, 3.05) is 22.4 Å². The van der Waals surface area contributed by atoms with Crippen LogP contribution in [0.4, 0.5) is 14.5 Å². The highest BCUT2D eigenvalue weighted by Crippen LogP contribution is 2.33. The number of carbonyl (C=O) groups excluding carboxylic acids is 1. The van der Waals surface area contributed by atoms with Crippen molar-refractivity contribution in [2.24, 2.45) is 0 Å². The Morgan fingerprint density at radius 3 is 2.80 bits per heavy atom. The molecule has 1 aliphatic heterocycles. The van der Waals surface area contributed by atoms with E-state index < -0.39 is 24.9 Å². The Bertz CT molecular complexity index is 854. The van der Waals surface area contributed by atoms with Crippen molar-refractivity contribution < 1.29 is 13.6 Å². The second-order valence-corrected chi connectivity index (χ2v) is 6.60. The molecule has 1 atom stereocenters. The van der Waals surface area contributed by atoms with Gasteiger partial charge in [0.2, 0.25) is 5.91 Å². The van der Waals surface area contributed by atoms with Crippen LogP contribution < -0.4 is 10.2 Å². The first-order valence-electron chi connectivity index (χ1n) is 7.55. The summed E-state index contributed by atoms with van der Waals surface area (Å²) in [6.45, 7) is -0.225. The van der Waals surface area contributed by atoms with Gasteiger partial charge in [-0.15, -0.1) is 0 Å². The number of carbonyl (C=O) groups is 1. The molecule has 0 spiro atoms. The zero-order valence-electron chi connectivity index (χ0n) is 13.0. The van der Waals surface area contributed by atoms with Gasteiger partial charge in [-0.3, -0.25) is 14.8 Å². The number of benzene rings is 1. The SMILES string of the molecule is N#Cc1ccc(N2CC(NC(=O)CI)CC(F)(F)C2)c2nccnc12. The highest BCUT2D eigenvalue weighted by molar-refractivity contribution is 14.1. The predicted molar refractivity (Wildman–Crippen MR) is 96.8 cm³/mol. The lowest BCUT2D eigenvalue weighted by Gasteiger charge is -2.39. The summed E-state index contributed by atoms with van der Waals surface area (Å²) in [6.07, 6.45) is 2.53. The number of hydrogen-bond donors (Lipinski definition) is 1. The lowest BCUT2D eigenvalue weighted by molar-refractivity contribution is -0.119. The minimum Gasteiger partial charge on any atom is -0.362 e. The molecule has 6 nitrogen and oxygen atoms in total. The normalized spacial score (nSPS) is 19.4. The van der Waals surface area contributed by atoms with Crippen LogP contribution in [0.25, 0.3) is 11.0 Å². The molecule has 1 N–H and O–H groups in total. The van der Waals surface area contributed by atoms with Crippen LogP contribution in [0.5, 0.6) is 0 Å². The summed E-state index contributed by atoms with van der Waals surface area (Å²) in [4.78, 5) is 21.5. The number of amides is 1. The largest absolute Gasteiger partial charge is 0.362 e. The van der Waals surface area contributed by atoms with Gasteiger partial charge in [-0.1, -0.05) is 22.6 Å². The van der Waals surface area contributed by atoms with Crippen molar-refractivity contribution in [3.63, 3.8) is 0 Å². The molecule has 2 aromatic rings. The van der Waals surface area contributed by atoms with Gasteiger partial charge in [0.15, 0.2) is 0 Å². The average Bonchev–Trinajstić information content (AvgIpc) is 2.59. The second kappa shape index (κ2) is 7.03. The molecular formula is C16H14F2IN5O. The monoisotopic (exact) mass is 457 g/mol. The van der Waals surface area contributed by atoms with E-state index in [1.54, 1.807) is 12.1 Å². The van der Waals surface area contributed by atoms with E-state index in [-0.39, 0.29) is 16.9 Å². The number of nitrogens with one attached hydrogen (secondary N) is 1. The average molecular weight is 457 g/mol. The number of piperidine rings is 1. The maximum Gasteiger partial charge on any atom is 0.267 e. The number of nitrogens with zero attached hydrogens (tertiary/aromatic N) is 4. The lowest BCUT2D eigenvalue weighted by atomic mass is 10.0. The van der Waals surface area contributed by atoms with Crippen LogP contribution >= 0.6 is 22.6 Å². The zero-order chi connectivity index (χ0) is 18.0. The summed E-state index contributed by atoms with van der Waals surface area (Å²) >= 11 is 1.89. The van der Waals surface area contributed by atoms with Crippen molar-refractivity contribution in [3.8, 4) is 6.07 Å². The van der Waals surface area contributed by atoms with Gasteiger partial charge in [0, 0.05) is 25.4 Å². The Balaban J connectivity index is 1.99. The van der Waals surface area contributed by atoms with E-state index >= 15 is 0 Å². The van der Waals surface area contributed by atoms with Gasteiger partial charge < -0.3 is 10.2 Å². The smallest absolute Gasteiger partial charge is 0.267 e. The van der Waals surface area contributed by atoms with Gasteiger partial charge in [0.1, 0.15) is 17.1 Å². The number of halogens is 3. The Hall–Kier alpha value is -2.09. The molecule has 3 rings (SSSR count). The first-order chi connectivity index (χ1) is 11.9. The molecule has 0 bridgehead atoms. The van der Waals surface area contributed by atoms with Crippen LogP contribution in [0.15, 0.2) is 24.5 Å². The number of aromatic nitrogens is 2. The van der Waals surface area contributed by atoms with Gasteiger partial charge in [0.25, 0.3) is 5.92 Å². The highest BCUT2D eigenvalue weighted by Gasteiger charge is 2.41. The molecule has 1 saturated heterocycles. The van der Waals surface area contributed by atoms with Gasteiger partial charge in [0.05, 0.1) is 28.3 Å². The summed E-state index contributed by atoms with van der Waals surface area (Å²) in [7, 11) is 0. The fraction of sp³-hybridized carbons (Fsp3) is 0.375. The number of hydrogen-bond acceptors (Lipinski definition) is 5. The lowest BCUT2D eigenvalue weighted by Crippen LogP contribution is -2.55. The third kappa shape index (κ3) is 3.78. The van der Waals surface area contributed by atoms with Gasteiger partial charge in [-0.2, -0.15) is 5.26 Å². The minimum atomic E-state index is -2.94. The number of nitriles is 1. The van der Waals surface area contributed by atoms with Crippen LogP contribution in [0.1, 0.15) is 12.0 Å². The van der Waals surface area contributed by atoms with Crippen LogP contribution in [0.2, 0.25) is 0 Å². The number of alkyl halides is 3. The van der Waals surface area contributed by atoms with Gasteiger partial charge in [-0.25, -0.2) is 8.78 Å². The van der Waals surface area contributed by atoms with Gasteiger partial charge >= 0.3 is 0 Å². The number of fused-ring (bicyclic) bond motifs is 1. The van der Waals surface area contributed by atoms with Crippen molar-refractivity contribution in [1.29, 1.82) is 5.26 Å². The molecular weight excluding hydrogens is 443 g/mol. The van der Waals surface area contributed by atoms with E-state index in [0.717, 1.165) is 0 Å². The standard InChI is InChI=1S/C16H14F2IN5O/c17-16(18)5-11(23-13(25)6-19)8-24(9-16)12-2-1-10(7-20)14-15(12)22-4-3-21-14/h1-4,11H,5-6,8-9H2,(H,23,25). The summed E-state index contributed by atoms with van der Waals surface area (Å²) in [5.41, 5.74) is 1.60. The molecule has 1 unspecified atom stereocenters. The van der Waals surface area contributed by atoms with Crippen LogP contribution in [-0.4, -0.2) is 45.4 Å². The predicted octanol–water partition coefficient (Wildman–Crippen LogP) is 2.27. The maximum absolute atomic E-state index is 14.2. The molecule has 2 heterocycles. The molecule has 0 aliphatic carbocycles. The molecule has 1 aliphatic rings. The van der Waals surface area contributed by atoms with Crippen LogP contribution in [0.3, 0.4) is 0 Å². The molecule has 9 heteroatoms. The van der Waals surface area contributed by atoms with Crippen molar-refractivity contribution in [1.82, 2.24) is 15.3 Å². The van der Waals surface area contributed by atoms with Crippen molar-refractivity contribution >= 4 is 45.2 Å². The van der Waals surface area contributed by atoms with Gasteiger partial charge in [-0.05, 0) is 12.1 Å². The van der Waals surface area contributed by atoms with E-state index in [0.29, 0.717) is 22.3 Å². The maximum atomic E-state index is 14.2. The van der Waals surface area contributed by atoms with E-state index in [9.17, 15) is 18.8 Å². The molecule has 130 valence electrons.